The minimum Gasteiger partial charge on any atom is -0.294 e. The van der Waals surface area contributed by atoms with Crippen LogP contribution < -0.4 is 0 Å². The Hall–Kier alpha value is -0.800. The van der Waals surface area contributed by atoms with Crippen molar-refractivity contribution >= 4 is 5.78 Å². The van der Waals surface area contributed by atoms with Crippen molar-refractivity contribution in [2.75, 3.05) is 0 Å². The maximum Gasteiger partial charge on any atom is 0.419 e. The minimum atomic E-state index is -4.49. The summed E-state index contributed by atoms with van der Waals surface area (Å²) in [5, 5.41) is 0. The average Bonchev–Trinajstić information content (AvgIpc) is 1.92. The van der Waals surface area contributed by atoms with E-state index in [9.17, 15) is 18.0 Å². The molecule has 0 saturated carbocycles. The van der Waals surface area contributed by atoms with Crippen molar-refractivity contribution in [3.8, 4) is 0 Å². The summed E-state index contributed by atoms with van der Waals surface area (Å²) in [5.74, 6) is -0.785. The molecule has 0 bridgehead atoms. The third kappa shape index (κ3) is 2.32. The van der Waals surface area contributed by atoms with Gasteiger partial charge >= 0.3 is 6.18 Å². The summed E-state index contributed by atoms with van der Waals surface area (Å²) in [6, 6.07) is 0. The molecule has 0 unspecified atom stereocenters. The predicted molar refractivity (Wildman–Crippen MR) is 42.2 cm³/mol. The van der Waals surface area contributed by atoms with Crippen LogP contribution in [0.3, 0.4) is 0 Å². The lowest BCUT2D eigenvalue weighted by Gasteiger charge is -2.27. The van der Waals surface area contributed by atoms with Crippen LogP contribution in [0.5, 0.6) is 0 Å². The number of hydrogen-bond donors (Lipinski definition) is 0. The van der Waals surface area contributed by atoms with E-state index in [0.717, 1.165) is 6.08 Å². The van der Waals surface area contributed by atoms with E-state index in [1.807, 2.05) is 0 Å². The Morgan fingerprint density at radius 2 is 1.92 bits per heavy atom. The number of Topliss-reactive ketones (excluding diaryl/α,β-unsaturated/α-hetero) is 1. The van der Waals surface area contributed by atoms with Gasteiger partial charge in [-0.05, 0) is 11.8 Å². The molecule has 1 aliphatic carbocycles. The molecule has 0 aromatic heterocycles. The van der Waals surface area contributed by atoms with Crippen LogP contribution in [0.15, 0.2) is 11.6 Å². The van der Waals surface area contributed by atoms with Crippen LogP contribution >= 0.6 is 0 Å². The summed E-state index contributed by atoms with van der Waals surface area (Å²) in [6.45, 7) is 3.40. The van der Waals surface area contributed by atoms with E-state index in [1.54, 1.807) is 13.8 Å². The van der Waals surface area contributed by atoms with Crippen LogP contribution in [0.25, 0.3) is 0 Å². The zero-order chi connectivity index (χ0) is 10.3. The monoisotopic (exact) mass is 192 g/mol. The zero-order valence-electron chi connectivity index (χ0n) is 7.53. The Labute approximate surface area is 74.6 Å². The van der Waals surface area contributed by atoms with Gasteiger partial charge in [-0.2, -0.15) is 13.2 Å². The molecule has 1 nitrogen and oxygen atoms in total. The van der Waals surface area contributed by atoms with E-state index >= 15 is 0 Å². The van der Waals surface area contributed by atoms with Gasteiger partial charge in [-0.3, -0.25) is 4.79 Å². The Morgan fingerprint density at radius 1 is 1.38 bits per heavy atom. The average molecular weight is 192 g/mol. The van der Waals surface area contributed by atoms with Crippen molar-refractivity contribution < 1.29 is 18.0 Å². The Balaban J connectivity index is 3.05. The zero-order valence-corrected chi connectivity index (χ0v) is 7.53. The lowest BCUT2D eigenvalue weighted by Crippen LogP contribution is -2.28. The summed E-state index contributed by atoms with van der Waals surface area (Å²) in [4.78, 5) is 10.9. The fourth-order valence-electron chi connectivity index (χ4n) is 1.35. The molecule has 0 radical (unpaired) electrons. The molecule has 0 aromatic rings. The normalized spacial score (nSPS) is 22.8. The van der Waals surface area contributed by atoms with E-state index < -0.39 is 22.9 Å². The summed E-state index contributed by atoms with van der Waals surface area (Å²) in [7, 11) is 0. The summed E-state index contributed by atoms with van der Waals surface area (Å²) in [6.07, 6.45) is -2.96. The Kier molecular flexibility index (Phi) is 2.26. The lowest BCUT2D eigenvalue weighted by atomic mass is 9.79. The van der Waals surface area contributed by atoms with Gasteiger partial charge in [-0.1, -0.05) is 19.9 Å². The van der Waals surface area contributed by atoms with E-state index in [0.29, 0.717) is 6.42 Å². The van der Waals surface area contributed by atoms with Crippen LogP contribution in [-0.2, 0) is 4.79 Å². The number of rotatable bonds is 0. The number of hydrogen-bond acceptors (Lipinski definition) is 1. The van der Waals surface area contributed by atoms with Gasteiger partial charge in [0.1, 0.15) is 0 Å². The van der Waals surface area contributed by atoms with Crippen LogP contribution in [0.1, 0.15) is 26.7 Å². The molecule has 4 heteroatoms. The maximum absolute atomic E-state index is 12.2. The first-order valence-electron chi connectivity index (χ1n) is 4.06. The Morgan fingerprint density at radius 3 is 2.31 bits per heavy atom. The largest absolute Gasteiger partial charge is 0.419 e. The van der Waals surface area contributed by atoms with Gasteiger partial charge in [0.15, 0.2) is 5.78 Å². The second kappa shape index (κ2) is 2.86. The van der Waals surface area contributed by atoms with Gasteiger partial charge in [0.2, 0.25) is 0 Å². The van der Waals surface area contributed by atoms with Crippen molar-refractivity contribution in [3.63, 3.8) is 0 Å². The third-order valence-electron chi connectivity index (χ3n) is 2.14. The van der Waals surface area contributed by atoms with Crippen LogP contribution in [0.4, 0.5) is 13.2 Å². The molecule has 0 amide bonds. The van der Waals surface area contributed by atoms with Crippen LogP contribution in [0, 0.1) is 5.41 Å². The van der Waals surface area contributed by atoms with Crippen molar-refractivity contribution in [1.82, 2.24) is 0 Å². The molecule has 0 N–H and O–H groups in total. The second-order valence-electron chi connectivity index (χ2n) is 3.97. The molecule has 0 atom stereocenters. The molecular weight excluding hydrogens is 181 g/mol. The van der Waals surface area contributed by atoms with E-state index in [4.69, 9.17) is 0 Å². The quantitative estimate of drug-likeness (QED) is 0.576. The smallest absolute Gasteiger partial charge is 0.294 e. The molecule has 0 spiro atoms. The first kappa shape index (κ1) is 10.3. The molecular formula is C9H11F3O. The van der Waals surface area contributed by atoms with E-state index in [1.165, 1.54) is 0 Å². The van der Waals surface area contributed by atoms with Crippen molar-refractivity contribution in [2.24, 2.45) is 5.41 Å². The van der Waals surface area contributed by atoms with Gasteiger partial charge in [-0.15, -0.1) is 0 Å². The van der Waals surface area contributed by atoms with Gasteiger partial charge in [0.05, 0.1) is 5.57 Å². The van der Waals surface area contributed by atoms with E-state index in [-0.39, 0.29) is 6.42 Å². The van der Waals surface area contributed by atoms with Gasteiger partial charge in [0.25, 0.3) is 0 Å². The van der Waals surface area contributed by atoms with Crippen molar-refractivity contribution in [2.45, 2.75) is 32.9 Å². The molecule has 0 aromatic carbocycles. The predicted octanol–water partition coefficient (Wildman–Crippen LogP) is 2.86. The Bertz CT molecular complexity index is 257. The van der Waals surface area contributed by atoms with Crippen molar-refractivity contribution in [1.29, 1.82) is 0 Å². The number of halogens is 3. The first-order valence-corrected chi connectivity index (χ1v) is 4.06. The molecule has 1 aliphatic rings. The number of carbonyl (C=O) groups excluding carboxylic acids is 1. The van der Waals surface area contributed by atoms with Crippen LogP contribution in [-0.4, -0.2) is 12.0 Å². The minimum absolute atomic E-state index is 0.00164. The molecule has 0 heterocycles. The highest BCUT2D eigenvalue weighted by molar-refractivity contribution is 5.97. The number of carbonyl (C=O) groups is 1. The molecule has 0 saturated heterocycles. The molecule has 1 rings (SSSR count). The molecule has 0 fully saturated rings. The first-order chi connectivity index (χ1) is 5.72. The van der Waals surface area contributed by atoms with Gasteiger partial charge in [0, 0.05) is 6.42 Å². The fraction of sp³-hybridized carbons (Fsp3) is 0.667. The maximum atomic E-state index is 12.2. The fourth-order valence-corrected chi connectivity index (χ4v) is 1.35. The number of allylic oxidation sites excluding steroid dienone is 2. The van der Waals surface area contributed by atoms with Crippen molar-refractivity contribution in [3.05, 3.63) is 11.6 Å². The standard InChI is InChI=1S/C9H11F3O/c1-8(2)4-3-7(13)6(5-8)9(10,11)12/h5H,3-4H2,1-2H3. The number of ketones is 1. The van der Waals surface area contributed by atoms with Crippen LogP contribution in [0.2, 0.25) is 0 Å². The SMILES string of the molecule is CC1(C)C=C(C(F)(F)F)C(=O)CC1. The molecule has 74 valence electrons. The highest BCUT2D eigenvalue weighted by Crippen LogP contribution is 2.38. The highest BCUT2D eigenvalue weighted by Gasteiger charge is 2.42. The summed E-state index contributed by atoms with van der Waals surface area (Å²) < 4.78 is 36.7. The number of alkyl halides is 3. The van der Waals surface area contributed by atoms with Gasteiger partial charge < -0.3 is 0 Å². The third-order valence-corrected chi connectivity index (χ3v) is 2.14. The lowest BCUT2D eigenvalue weighted by molar-refractivity contribution is -0.130. The highest BCUT2D eigenvalue weighted by atomic mass is 19.4. The van der Waals surface area contributed by atoms with Gasteiger partial charge in [-0.25, -0.2) is 0 Å². The van der Waals surface area contributed by atoms with E-state index in [2.05, 4.69) is 0 Å². The summed E-state index contributed by atoms with van der Waals surface area (Å²) in [5.41, 5.74) is -1.50. The topological polar surface area (TPSA) is 17.1 Å². The summed E-state index contributed by atoms with van der Waals surface area (Å²) >= 11 is 0. The molecule has 0 aliphatic heterocycles. The molecule has 13 heavy (non-hydrogen) atoms. The second-order valence-corrected chi connectivity index (χ2v) is 3.97.